The zero-order chi connectivity index (χ0) is 16.3. The maximum atomic E-state index is 12.7. The van der Waals surface area contributed by atoms with Gasteiger partial charge in [-0.05, 0) is 37.3 Å². The average molecular weight is 333 g/mol. The molecule has 0 saturated carbocycles. The summed E-state index contributed by atoms with van der Waals surface area (Å²) in [6.45, 7) is 0.997. The Labute approximate surface area is 135 Å². The van der Waals surface area contributed by atoms with E-state index in [1.165, 1.54) is 10.5 Å². The van der Waals surface area contributed by atoms with Crippen molar-refractivity contribution in [3.63, 3.8) is 0 Å². The Balaban J connectivity index is 1.75. The third-order valence-corrected chi connectivity index (χ3v) is 5.89. The Morgan fingerprint density at radius 2 is 2.09 bits per heavy atom. The molecule has 7 nitrogen and oxygen atoms in total. The SMILES string of the molecule is Nc1nccnc1C[C@H]1CCCN(S(=O)(=O)c2cccnc2)C1. The van der Waals surface area contributed by atoms with Crippen LogP contribution in [0.3, 0.4) is 0 Å². The number of hydrogen-bond acceptors (Lipinski definition) is 6. The number of nitrogen functional groups attached to an aromatic ring is 1. The molecule has 122 valence electrons. The van der Waals surface area contributed by atoms with Gasteiger partial charge in [-0.3, -0.25) is 9.97 Å². The lowest BCUT2D eigenvalue weighted by Crippen LogP contribution is -2.40. The lowest BCUT2D eigenvalue weighted by molar-refractivity contribution is 0.264. The van der Waals surface area contributed by atoms with Crippen molar-refractivity contribution in [3.05, 3.63) is 42.6 Å². The van der Waals surface area contributed by atoms with E-state index in [0.717, 1.165) is 18.5 Å². The van der Waals surface area contributed by atoms with E-state index in [-0.39, 0.29) is 10.8 Å². The van der Waals surface area contributed by atoms with E-state index in [1.54, 1.807) is 30.7 Å². The van der Waals surface area contributed by atoms with Crippen LogP contribution in [0.25, 0.3) is 0 Å². The minimum Gasteiger partial charge on any atom is -0.382 e. The van der Waals surface area contributed by atoms with Gasteiger partial charge in [0.05, 0.1) is 5.69 Å². The Kier molecular flexibility index (Phi) is 4.53. The highest BCUT2D eigenvalue weighted by atomic mass is 32.2. The highest BCUT2D eigenvalue weighted by Crippen LogP contribution is 2.26. The zero-order valence-corrected chi connectivity index (χ0v) is 13.5. The average Bonchev–Trinajstić information content (AvgIpc) is 2.58. The smallest absolute Gasteiger partial charge is 0.244 e. The molecule has 1 atom stereocenters. The molecule has 1 fully saturated rings. The lowest BCUT2D eigenvalue weighted by atomic mass is 9.94. The Morgan fingerprint density at radius 1 is 1.26 bits per heavy atom. The van der Waals surface area contributed by atoms with Crippen LogP contribution in [0.15, 0.2) is 41.8 Å². The molecule has 0 bridgehead atoms. The minimum atomic E-state index is -3.49. The molecule has 0 aliphatic carbocycles. The first-order valence-corrected chi connectivity index (χ1v) is 8.97. The minimum absolute atomic E-state index is 0.189. The fourth-order valence-corrected chi connectivity index (χ4v) is 4.39. The molecule has 0 amide bonds. The molecule has 0 spiro atoms. The summed E-state index contributed by atoms with van der Waals surface area (Å²) in [6.07, 6.45) is 8.53. The van der Waals surface area contributed by atoms with Gasteiger partial charge in [-0.1, -0.05) is 0 Å². The molecule has 1 aliphatic heterocycles. The third-order valence-electron chi connectivity index (χ3n) is 4.04. The summed E-state index contributed by atoms with van der Waals surface area (Å²) in [5.41, 5.74) is 6.57. The standard InChI is InChI=1S/C15H19N5O2S/c16-15-14(18-6-7-19-15)9-12-3-2-8-20(11-12)23(21,22)13-4-1-5-17-10-13/h1,4-7,10,12H,2-3,8-9,11H2,(H2,16,19)/t12-/m1/s1. The number of aromatic nitrogens is 3. The molecule has 1 aliphatic rings. The van der Waals surface area contributed by atoms with Crippen LogP contribution in [0.2, 0.25) is 0 Å². The largest absolute Gasteiger partial charge is 0.382 e. The summed E-state index contributed by atoms with van der Waals surface area (Å²) >= 11 is 0. The maximum absolute atomic E-state index is 12.7. The van der Waals surface area contributed by atoms with E-state index in [0.29, 0.717) is 25.3 Å². The predicted molar refractivity (Wildman–Crippen MR) is 85.9 cm³/mol. The summed E-state index contributed by atoms with van der Waals surface area (Å²) in [6, 6.07) is 3.21. The van der Waals surface area contributed by atoms with Gasteiger partial charge in [0, 0.05) is 37.9 Å². The second-order valence-electron chi connectivity index (χ2n) is 5.65. The molecule has 0 radical (unpaired) electrons. The van der Waals surface area contributed by atoms with Gasteiger partial charge in [0.25, 0.3) is 0 Å². The molecule has 0 unspecified atom stereocenters. The normalized spacial score (nSPS) is 19.6. The second kappa shape index (κ2) is 6.59. The molecule has 1 saturated heterocycles. The van der Waals surface area contributed by atoms with Crippen molar-refractivity contribution in [2.45, 2.75) is 24.2 Å². The topological polar surface area (TPSA) is 102 Å². The molecular weight excluding hydrogens is 314 g/mol. The summed E-state index contributed by atoms with van der Waals surface area (Å²) in [5.74, 6) is 0.605. The van der Waals surface area contributed by atoms with Gasteiger partial charge in [-0.15, -0.1) is 0 Å². The second-order valence-corrected chi connectivity index (χ2v) is 7.59. The molecule has 23 heavy (non-hydrogen) atoms. The highest BCUT2D eigenvalue weighted by molar-refractivity contribution is 7.89. The van der Waals surface area contributed by atoms with E-state index in [9.17, 15) is 8.42 Å². The molecule has 3 heterocycles. The predicted octanol–water partition coefficient (Wildman–Crippen LogP) is 1.10. The number of hydrogen-bond donors (Lipinski definition) is 1. The van der Waals surface area contributed by atoms with Gasteiger partial charge in [0.1, 0.15) is 10.7 Å². The van der Waals surface area contributed by atoms with E-state index in [2.05, 4.69) is 15.0 Å². The van der Waals surface area contributed by atoms with Crippen LogP contribution in [0.5, 0.6) is 0 Å². The van der Waals surface area contributed by atoms with Crippen LogP contribution in [-0.4, -0.2) is 40.8 Å². The van der Waals surface area contributed by atoms with Crippen LogP contribution in [0, 0.1) is 5.92 Å². The van der Waals surface area contributed by atoms with Gasteiger partial charge in [-0.2, -0.15) is 4.31 Å². The molecular formula is C15H19N5O2S. The van der Waals surface area contributed by atoms with Gasteiger partial charge < -0.3 is 5.73 Å². The molecule has 3 rings (SSSR count). The van der Waals surface area contributed by atoms with Crippen LogP contribution in [0.4, 0.5) is 5.82 Å². The zero-order valence-electron chi connectivity index (χ0n) is 12.7. The molecule has 0 aromatic carbocycles. The Morgan fingerprint density at radius 3 is 2.83 bits per heavy atom. The summed E-state index contributed by atoms with van der Waals surface area (Å²) in [7, 11) is -3.49. The van der Waals surface area contributed by atoms with Crippen molar-refractivity contribution in [2.24, 2.45) is 5.92 Å². The number of nitrogens with zero attached hydrogens (tertiary/aromatic N) is 4. The first-order chi connectivity index (χ1) is 11.1. The van der Waals surface area contributed by atoms with Crippen molar-refractivity contribution in [2.75, 3.05) is 18.8 Å². The number of anilines is 1. The van der Waals surface area contributed by atoms with Gasteiger partial charge in [0.2, 0.25) is 10.0 Å². The Bertz CT molecular complexity index is 766. The van der Waals surface area contributed by atoms with Gasteiger partial charge >= 0.3 is 0 Å². The van der Waals surface area contributed by atoms with Crippen LogP contribution in [-0.2, 0) is 16.4 Å². The number of piperidine rings is 1. The molecule has 8 heteroatoms. The fraction of sp³-hybridized carbons (Fsp3) is 0.400. The van der Waals surface area contributed by atoms with Gasteiger partial charge in [-0.25, -0.2) is 13.4 Å². The van der Waals surface area contributed by atoms with E-state index in [4.69, 9.17) is 5.73 Å². The van der Waals surface area contributed by atoms with E-state index < -0.39 is 10.0 Å². The molecule has 2 aromatic heterocycles. The van der Waals surface area contributed by atoms with Crippen LogP contribution < -0.4 is 5.73 Å². The summed E-state index contributed by atoms with van der Waals surface area (Å²) in [5, 5.41) is 0. The lowest BCUT2D eigenvalue weighted by Gasteiger charge is -2.31. The van der Waals surface area contributed by atoms with Crippen LogP contribution in [0.1, 0.15) is 18.5 Å². The van der Waals surface area contributed by atoms with Crippen molar-refractivity contribution in [1.82, 2.24) is 19.3 Å². The maximum Gasteiger partial charge on any atom is 0.244 e. The molecule has 2 N–H and O–H groups in total. The highest BCUT2D eigenvalue weighted by Gasteiger charge is 2.30. The first kappa shape index (κ1) is 15.8. The van der Waals surface area contributed by atoms with Crippen molar-refractivity contribution in [1.29, 1.82) is 0 Å². The van der Waals surface area contributed by atoms with E-state index in [1.807, 2.05) is 0 Å². The number of nitrogens with two attached hydrogens (primary N) is 1. The van der Waals surface area contributed by atoms with Crippen molar-refractivity contribution < 1.29 is 8.42 Å². The Hall–Kier alpha value is -2.06. The molecule has 2 aromatic rings. The van der Waals surface area contributed by atoms with Crippen LogP contribution >= 0.6 is 0 Å². The third kappa shape index (κ3) is 3.48. The number of sulfonamides is 1. The monoisotopic (exact) mass is 333 g/mol. The van der Waals surface area contributed by atoms with E-state index >= 15 is 0 Å². The summed E-state index contributed by atoms with van der Waals surface area (Å²) < 4.78 is 26.9. The number of rotatable bonds is 4. The number of pyridine rings is 1. The van der Waals surface area contributed by atoms with Crippen molar-refractivity contribution in [3.8, 4) is 0 Å². The summed E-state index contributed by atoms with van der Waals surface area (Å²) in [4.78, 5) is 12.4. The van der Waals surface area contributed by atoms with Crippen molar-refractivity contribution >= 4 is 15.8 Å². The quantitative estimate of drug-likeness (QED) is 0.899. The fourth-order valence-electron chi connectivity index (χ4n) is 2.87. The first-order valence-electron chi connectivity index (χ1n) is 7.53. The van der Waals surface area contributed by atoms with Gasteiger partial charge in [0.15, 0.2) is 0 Å².